The Labute approximate surface area is 86.9 Å². The van der Waals surface area contributed by atoms with E-state index in [0.29, 0.717) is 5.78 Å². The van der Waals surface area contributed by atoms with Crippen LogP contribution in [0.1, 0.15) is 0 Å². The highest BCUT2D eigenvalue weighted by Crippen LogP contribution is 2.11. The molecule has 0 saturated carbocycles. The summed E-state index contributed by atoms with van der Waals surface area (Å²) in [7, 11) is 0. The fourth-order valence-corrected chi connectivity index (χ4v) is 1.78. The highest BCUT2D eigenvalue weighted by Gasteiger charge is 2.12. The minimum absolute atomic E-state index is 0.658. The molecule has 0 aromatic carbocycles. The second-order valence-electron chi connectivity index (χ2n) is 3.56. The van der Waals surface area contributed by atoms with Crippen LogP contribution >= 0.6 is 0 Å². The van der Waals surface area contributed by atoms with E-state index in [2.05, 4.69) is 25.4 Å². The Morgan fingerprint density at radius 3 is 3.00 bits per heavy atom. The van der Waals surface area contributed by atoms with Crippen molar-refractivity contribution in [3.8, 4) is 0 Å². The van der Waals surface area contributed by atoms with E-state index in [4.69, 9.17) is 0 Å². The molecule has 1 aliphatic heterocycles. The van der Waals surface area contributed by atoms with Crippen LogP contribution in [0.2, 0.25) is 0 Å². The van der Waals surface area contributed by atoms with E-state index < -0.39 is 0 Å². The van der Waals surface area contributed by atoms with Crippen molar-refractivity contribution in [1.29, 1.82) is 0 Å². The Morgan fingerprint density at radius 1 is 1.27 bits per heavy atom. The Balaban J connectivity index is 1.95. The molecule has 0 unspecified atom stereocenters. The fourth-order valence-electron chi connectivity index (χ4n) is 1.78. The first-order chi connectivity index (χ1) is 7.43. The summed E-state index contributed by atoms with van der Waals surface area (Å²) < 4.78 is 1.81. The molecule has 1 fully saturated rings. The molecule has 15 heavy (non-hydrogen) atoms. The molecule has 0 amide bonds. The van der Waals surface area contributed by atoms with E-state index >= 15 is 0 Å². The molecular formula is C9H12N6. The summed E-state index contributed by atoms with van der Waals surface area (Å²) in [6.07, 6.45) is 3.60. The third-order valence-electron chi connectivity index (χ3n) is 2.59. The number of piperazine rings is 1. The van der Waals surface area contributed by atoms with Gasteiger partial charge in [0.15, 0.2) is 0 Å². The summed E-state index contributed by atoms with van der Waals surface area (Å²) >= 11 is 0. The molecule has 0 bridgehead atoms. The lowest BCUT2D eigenvalue weighted by atomic mass is 10.3. The predicted octanol–water partition coefficient (Wildman–Crippen LogP) is -0.466. The van der Waals surface area contributed by atoms with Crippen LogP contribution in [-0.4, -0.2) is 45.8 Å². The summed E-state index contributed by atoms with van der Waals surface area (Å²) in [5.74, 6) is 1.64. The smallest absolute Gasteiger partial charge is 0.256 e. The highest BCUT2D eigenvalue weighted by molar-refractivity contribution is 5.44. The summed E-state index contributed by atoms with van der Waals surface area (Å²) in [4.78, 5) is 6.70. The molecule has 78 valence electrons. The van der Waals surface area contributed by atoms with Gasteiger partial charge in [0.1, 0.15) is 12.1 Å². The van der Waals surface area contributed by atoms with Crippen LogP contribution in [0.15, 0.2) is 18.6 Å². The van der Waals surface area contributed by atoms with E-state index in [-0.39, 0.29) is 0 Å². The van der Waals surface area contributed by atoms with Gasteiger partial charge in [-0.3, -0.25) is 4.40 Å². The van der Waals surface area contributed by atoms with Gasteiger partial charge in [-0.2, -0.15) is 4.98 Å². The van der Waals surface area contributed by atoms with Crippen molar-refractivity contribution in [2.24, 2.45) is 0 Å². The number of hydrogen-bond donors (Lipinski definition) is 1. The minimum Gasteiger partial charge on any atom is -0.354 e. The van der Waals surface area contributed by atoms with Crippen LogP contribution in [0, 0.1) is 0 Å². The molecule has 0 radical (unpaired) electrons. The van der Waals surface area contributed by atoms with E-state index in [1.807, 2.05) is 16.7 Å². The number of nitrogens with one attached hydrogen (secondary N) is 1. The number of nitrogens with zero attached hydrogens (tertiary/aromatic N) is 5. The highest BCUT2D eigenvalue weighted by atomic mass is 15.3. The monoisotopic (exact) mass is 204 g/mol. The van der Waals surface area contributed by atoms with Crippen molar-refractivity contribution in [3.05, 3.63) is 18.6 Å². The van der Waals surface area contributed by atoms with Crippen molar-refractivity contribution in [1.82, 2.24) is 24.9 Å². The molecule has 0 aliphatic carbocycles. The molecule has 2 aromatic rings. The Kier molecular flexibility index (Phi) is 1.99. The Bertz CT molecular complexity index is 458. The van der Waals surface area contributed by atoms with Gasteiger partial charge in [0, 0.05) is 32.4 Å². The second-order valence-corrected chi connectivity index (χ2v) is 3.56. The molecule has 3 heterocycles. The number of aromatic nitrogens is 4. The maximum atomic E-state index is 4.45. The molecule has 0 atom stereocenters. The van der Waals surface area contributed by atoms with Gasteiger partial charge < -0.3 is 10.2 Å². The Morgan fingerprint density at radius 2 is 2.13 bits per heavy atom. The summed E-state index contributed by atoms with van der Waals surface area (Å²) in [5.41, 5.74) is 0. The van der Waals surface area contributed by atoms with E-state index in [1.54, 1.807) is 6.33 Å². The number of hydrogen-bond acceptors (Lipinski definition) is 5. The molecule has 0 spiro atoms. The van der Waals surface area contributed by atoms with Crippen LogP contribution in [0.25, 0.3) is 5.78 Å². The minimum atomic E-state index is 0.658. The van der Waals surface area contributed by atoms with Crippen LogP contribution < -0.4 is 10.2 Å². The van der Waals surface area contributed by atoms with Crippen molar-refractivity contribution in [2.75, 3.05) is 31.1 Å². The summed E-state index contributed by atoms with van der Waals surface area (Å²) in [6.45, 7) is 4.02. The molecule has 3 rings (SSSR count). The van der Waals surface area contributed by atoms with E-state index in [9.17, 15) is 0 Å². The summed E-state index contributed by atoms with van der Waals surface area (Å²) in [6, 6.07) is 2.00. The number of anilines is 1. The van der Waals surface area contributed by atoms with Crippen molar-refractivity contribution >= 4 is 11.6 Å². The molecule has 1 saturated heterocycles. The largest absolute Gasteiger partial charge is 0.354 e. The van der Waals surface area contributed by atoms with Gasteiger partial charge in [-0.1, -0.05) is 0 Å². The fraction of sp³-hybridized carbons (Fsp3) is 0.444. The van der Waals surface area contributed by atoms with Gasteiger partial charge in [-0.05, 0) is 6.07 Å². The molecule has 1 aliphatic rings. The first kappa shape index (κ1) is 8.60. The maximum Gasteiger partial charge on any atom is 0.256 e. The zero-order chi connectivity index (χ0) is 10.1. The standard InChI is InChI=1S/C9H12N6/c1-4-15-7-11-13-9(15)12-8(1)14-5-2-10-3-6-14/h1,4,7,10H,2-3,5-6H2. The lowest BCUT2D eigenvalue weighted by molar-refractivity contribution is 0.585. The number of rotatable bonds is 1. The van der Waals surface area contributed by atoms with Crippen molar-refractivity contribution < 1.29 is 0 Å². The van der Waals surface area contributed by atoms with E-state index in [0.717, 1.165) is 32.0 Å². The lowest BCUT2D eigenvalue weighted by Crippen LogP contribution is -2.43. The normalized spacial score (nSPS) is 17.2. The van der Waals surface area contributed by atoms with Crippen LogP contribution in [-0.2, 0) is 0 Å². The topological polar surface area (TPSA) is 58.4 Å². The van der Waals surface area contributed by atoms with Gasteiger partial charge in [0.05, 0.1) is 0 Å². The van der Waals surface area contributed by atoms with Crippen LogP contribution in [0.5, 0.6) is 0 Å². The van der Waals surface area contributed by atoms with Gasteiger partial charge in [0.25, 0.3) is 5.78 Å². The third-order valence-corrected chi connectivity index (χ3v) is 2.59. The molecule has 2 aromatic heterocycles. The van der Waals surface area contributed by atoms with E-state index in [1.165, 1.54) is 0 Å². The zero-order valence-electron chi connectivity index (χ0n) is 8.30. The van der Waals surface area contributed by atoms with Gasteiger partial charge >= 0.3 is 0 Å². The first-order valence-electron chi connectivity index (χ1n) is 5.05. The first-order valence-corrected chi connectivity index (χ1v) is 5.05. The average Bonchev–Trinajstić information content (AvgIpc) is 2.77. The lowest BCUT2D eigenvalue weighted by Gasteiger charge is -2.28. The van der Waals surface area contributed by atoms with Crippen molar-refractivity contribution in [3.63, 3.8) is 0 Å². The van der Waals surface area contributed by atoms with Crippen LogP contribution in [0.4, 0.5) is 5.82 Å². The molecule has 1 N–H and O–H groups in total. The van der Waals surface area contributed by atoms with Crippen molar-refractivity contribution in [2.45, 2.75) is 0 Å². The predicted molar refractivity (Wildman–Crippen MR) is 55.9 cm³/mol. The quantitative estimate of drug-likeness (QED) is 0.680. The number of fused-ring (bicyclic) bond motifs is 1. The second kappa shape index (κ2) is 3.47. The Hall–Kier alpha value is -1.69. The maximum absolute atomic E-state index is 4.45. The molecular weight excluding hydrogens is 192 g/mol. The average molecular weight is 204 g/mol. The SMILES string of the molecule is c1cn2cnnc2nc1N1CCNCC1. The van der Waals surface area contributed by atoms with Gasteiger partial charge in [-0.15, -0.1) is 10.2 Å². The molecule has 6 heteroatoms. The summed E-state index contributed by atoms with van der Waals surface area (Å²) in [5, 5.41) is 11.1. The zero-order valence-corrected chi connectivity index (χ0v) is 8.30. The molecule has 6 nitrogen and oxygen atoms in total. The third kappa shape index (κ3) is 1.52. The van der Waals surface area contributed by atoms with Gasteiger partial charge in [-0.25, -0.2) is 0 Å². The van der Waals surface area contributed by atoms with Gasteiger partial charge in [0.2, 0.25) is 0 Å². The van der Waals surface area contributed by atoms with Crippen LogP contribution in [0.3, 0.4) is 0 Å².